The molecular formula is C10H17N3O3S. The van der Waals surface area contributed by atoms with Gasteiger partial charge in [0.05, 0.1) is 0 Å². The lowest BCUT2D eigenvalue weighted by molar-refractivity contribution is -0.132. The molecule has 17 heavy (non-hydrogen) atoms. The molecule has 96 valence electrons. The fraction of sp³-hybridized carbons (Fsp3) is 0.700. The van der Waals surface area contributed by atoms with E-state index >= 15 is 0 Å². The SMILES string of the molecule is CCNC(=O)CN1C(=O)N[C@@H](CCSC)C1=O. The molecule has 0 aromatic heterocycles. The van der Waals surface area contributed by atoms with Crippen molar-refractivity contribution in [2.45, 2.75) is 19.4 Å². The third-order valence-electron chi connectivity index (χ3n) is 2.39. The van der Waals surface area contributed by atoms with Crippen LogP contribution < -0.4 is 10.6 Å². The Bertz CT molecular complexity index is 322. The zero-order valence-electron chi connectivity index (χ0n) is 9.99. The number of carbonyl (C=O) groups is 3. The monoisotopic (exact) mass is 259 g/mol. The maximum Gasteiger partial charge on any atom is 0.325 e. The molecule has 0 spiro atoms. The molecule has 2 N–H and O–H groups in total. The summed E-state index contributed by atoms with van der Waals surface area (Å²) < 4.78 is 0. The molecule has 0 unspecified atom stereocenters. The third-order valence-corrected chi connectivity index (χ3v) is 3.04. The highest BCUT2D eigenvalue weighted by Crippen LogP contribution is 2.11. The first-order chi connectivity index (χ1) is 8.10. The molecule has 1 atom stereocenters. The second kappa shape index (κ2) is 6.48. The van der Waals surface area contributed by atoms with E-state index in [4.69, 9.17) is 0 Å². The van der Waals surface area contributed by atoms with Crippen LogP contribution in [0, 0.1) is 0 Å². The van der Waals surface area contributed by atoms with Gasteiger partial charge in [-0.05, 0) is 25.4 Å². The zero-order valence-corrected chi connectivity index (χ0v) is 10.8. The van der Waals surface area contributed by atoms with Crippen LogP contribution in [0.25, 0.3) is 0 Å². The number of thioether (sulfide) groups is 1. The Labute approximate surface area is 104 Å². The highest BCUT2D eigenvalue weighted by atomic mass is 32.2. The van der Waals surface area contributed by atoms with Gasteiger partial charge in [0.15, 0.2) is 0 Å². The Morgan fingerprint density at radius 1 is 1.53 bits per heavy atom. The summed E-state index contributed by atoms with van der Waals surface area (Å²) in [7, 11) is 0. The Hall–Kier alpha value is -1.24. The van der Waals surface area contributed by atoms with Gasteiger partial charge in [0, 0.05) is 6.54 Å². The summed E-state index contributed by atoms with van der Waals surface area (Å²) in [6.45, 7) is 2.07. The summed E-state index contributed by atoms with van der Waals surface area (Å²) in [4.78, 5) is 35.6. The van der Waals surface area contributed by atoms with Crippen LogP contribution in [0.5, 0.6) is 0 Å². The lowest BCUT2D eigenvalue weighted by Gasteiger charge is -2.12. The number of likely N-dealkylation sites (N-methyl/N-ethyl adjacent to an activating group) is 1. The first-order valence-electron chi connectivity index (χ1n) is 5.47. The molecule has 0 aromatic rings. The van der Waals surface area contributed by atoms with E-state index in [0.29, 0.717) is 13.0 Å². The summed E-state index contributed by atoms with van der Waals surface area (Å²) in [6, 6.07) is -0.961. The maximum atomic E-state index is 11.8. The topological polar surface area (TPSA) is 78.5 Å². The van der Waals surface area contributed by atoms with Gasteiger partial charge < -0.3 is 10.6 Å². The van der Waals surface area contributed by atoms with E-state index < -0.39 is 12.1 Å². The standard InChI is InChI=1S/C10H17N3O3S/c1-3-11-8(14)6-13-9(15)7(4-5-17-2)12-10(13)16/h7H,3-6H2,1-2H3,(H,11,14)(H,12,16)/t7-/m0/s1. The smallest absolute Gasteiger partial charge is 0.325 e. The largest absolute Gasteiger partial charge is 0.355 e. The van der Waals surface area contributed by atoms with E-state index in [9.17, 15) is 14.4 Å². The molecule has 0 saturated carbocycles. The van der Waals surface area contributed by atoms with E-state index in [2.05, 4.69) is 10.6 Å². The molecule has 0 radical (unpaired) electrons. The van der Waals surface area contributed by atoms with Crippen molar-refractivity contribution in [1.82, 2.24) is 15.5 Å². The van der Waals surface area contributed by atoms with E-state index in [1.807, 2.05) is 6.26 Å². The predicted molar refractivity (Wildman–Crippen MR) is 65.7 cm³/mol. The second-order valence-electron chi connectivity index (χ2n) is 3.66. The summed E-state index contributed by atoms with van der Waals surface area (Å²) in [5.41, 5.74) is 0. The van der Waals surface area contributed by atoms with E-state index in [1.165, 1.54) is 0 Å². The summed E-state index contributed by atoms with van der Waals surface area (Å²) >= 11 is 1.61. The van der Waals surface area contributed by atoms with Gasteiger partial charge in [0.1, 0.15) is 12.6 Å². The number of nitrogens with one attached hydrogen (secondary N) is 2. The lowest BCUT2D eigenvalue weighted by atomic mass is 10.2. The van der Waals surface area contributed by atoms with E-state index in [1.54, 1.807) is 18.7 Å². The molecule has 1 saturated heterocycles. The number of amides is 4. The Morgan fingerprint density at radius 3 is 2.82 bits per heavy atom. The van der Waals surface area contributed by atoms with Crippen molar-refractivity contribution in [3.8, 4) is 0 Å². The molecule has 1 rings (SSSR count). The number of nitrogens with zero attached hydrogens (tertiary/aromatic N) is 1. The number of hydrogen-bond donors (Lipinski definition) is 2. The fourth-order valence-corrected chi connectivity index (χ4v) is 2.03. The molecule has 0 aliphatic carbocycles. The molecule has 1 fully saturated rings. The van der Waals surface area contributed by atoms with Gasteiger partial charge in [-0.1, -0.05) is 0 Å². The molecule has 1 heterocycles. The zero-order chi connectivity index (χ0) is 12.8. The van der Waals surface area contributed by atoms with Crippen LogP contribution in [0.1, 0.15) is 13.3 Å². The number of carbonyl (C=O) groups excluding carboxylic acids is 3. The van der Waals surface area contributed by atoms with Gasteiger partial charge in [0.2, 0.25) is 5.91 Å². The molecule has 4 amide bonds. The van der Waals surface area contributed by atoms with Crippen LogP contribution >= 0.6 is 11.8 Å². The number of urea groups is 1. The van der Waals surface area contributed by atoms with Crippen LogP contribution in [0.3, 0.4) is 0 Å². The van der Waals surface area contributed by atoms with Gasteiger partial charge in [-0.3, -0.25) is 14.5 Å². The van der Waals surface area contributed by atoms with Gasteiger partial charge >= 0.3 is 6.03 Å². The number of imide groups is 1. The highest BCUT2D eigenvalue weighted by Gasteiger charge is 2.38. The number of hydrogen-bond acceptors (Lipinski definition) is 4. The average Bonchev–Trinajstić information content (AvgIpc) is 2.54. The van der Waals surface area contributed by atoms with Crippen LogP contribution in [0.15, 0.2) is 0 Å². The van der Waals surface area contributed by atoms with Crippen molar-refractivity contribution in [3.05, 3.63) is 0 Å². The minimum absolute atomic E-state index is 0.200. The normalized spacial score (nSPS) is 19.4. The third kappa shape index (κ3) is 3.62. The molecule has 0 bridgehead atoms. The van der Waals surface area contributed by atoms with Crippen LogP contribution in [0.4, 0.5) is 4.79 Å². The van der Waals surface area contributed by atoms with Crippen molar-refractivity contribution in [1.29, 1.82) is 0 Å². The van der Waals surface area contributed by atoms with Crippen molar-refractivity contribution >= 4 is 29.6 Å². The van der Waals surface area contributed by atoms with Crippen molar-refractivity contribution in [2.24, 2.45) is 0 Å². The minimum atomic E-state index is -0.482. The summed E-state index contributed by atoms with van der Waals surface area (Å²) in [6.07, 6.45) is 2.53. The lowest BCUT2D eigenvalue weighted by Crippen LogP contribution is -2.41. The molecule has 6 nitrogen and oxygen atoms in total. The first kappa shape index (κ1) is 13.8. The van der Waals surface area contributed by atoms with Crippen molar-refractivity contribution < 1.29 is 14.4 Å². The molecule has 0 aromatic carbocycles. The Morgan fingerprint density at radius 2 is 2.24 bits per heavy atom. The quantitative estimate of drug-likeness (QED) is 0.647. The minimum Gasteiger partial charge on any atom is -0.355 e. The van der Waals surface area contributed by atoms with Crippen molar-refractivity contribution in [2.75, 3.05) is 25.1 Å². The Kier molecular flexibility index (Phi) is 5.27. The van der Waals surface area contributed by atoms with Gasteiger partial charge in [-0.2, -0.15) is 11.8 Å². The predicted octanol–water partition coefficient (Wildman–Crippen LogP) is -0.204. The average molecular weight is 259 g/mol. The molecule has 7 heteroatoms. The molecular weight excluding hydrogens is 242 g/mol. The van der Waals surface area contributed by atoms with Crippen LogP contribution in [0.2, 0.25) is 0 Å². The van der Waals surface area contributed by atoms with Crippen molar-refractivity contribution in [3.63, 3.8) is 0 Å². The van der Waals surface area contributed by atoms with E-state index in [-0.39, 0.29) is 18.4 Å². The highest BCUT2D eigenvalue weighted by molar-refractivity contribution is 7.98. The summed E-state index contributed by atoms with van der Waals surface area (Å²) in [5, 5.41) is 5.13. The Balaban J connectivity index is 2.53. The second-order valence-corrected chi connectivity index (χ2v) is 4.65. The van der Waals surface area contributed by atoms with Gasteiger partial charge in [-0.25, -0.2) is 4.79 Å². The fourth-order valence-electron chi connectivity index (χ4n) is 1.55. The van der Waals surface area contributed by atoms with Crippen LogP contribution in [-0.4, -0.2) is 53.9 Å². The maximum absolute atomic E-state index is 11.8. The molecule has 1 aliphatic rings. The molecule has 1 aliphatic heterocycles. The van der Waals surface area contributed by atoms with Gasteiger partial charge in [-0.15, -0.1) is 0 Å². The summed E-state index contributed by atoms with van der Waals surface area (Å²) in [5.74, 6) is 0.169. The van der Waals surface area contributed by atoms with Crippen LogP contribution in [-0.2, 0) is 9.59 Å². The van der Waals surface area contributed by atoms with E-state index in [0.717, 1.165) is 10.7 Å². The first-order valence-corrected chi connectivity index (χ1v) is 6.87. The number of rotatable bonds is 6. The van der Waals surface area contributed by atoms with Gasteiger partial charge in [0.25, 0.3) is 5.91 Å².